The molecule has 15 nitrogen and oxygen atoms in total. The molecule has 0 aliphatic heterocycles. The van der Waals surface area contributed by atoms with Gasteiger partial charge >= 0.3 is 5.97 Å². The number of rotatable bonds is 6. The highest BCUT2D eigenvalue weighted by atomic mass is 35.5. The third-order valence-corrected chi connectivity index (χ3v) is 6.25. The molecule has 2 heterocycles. The van der Waals surface area contributed by atoms with E-state index in [1.54, 1.807) is 18.3 Å². The minimum Gasteiger partial charge on any atom is -1.00 e. The van der Waals surface area contributed by atoms with E-state index in [1.165, 1.54) is 6.20 Å². The first-order valence-corrected chi connectivity index (χ1v) is 13.2. The molecule has 13 N–H and O–H groups in total. The molecule has 0 saturated heterocycles. The number of aliphatic hydroxyl groups excluding tert-OH is 7. The van der Waals surface area contributed by atoms with Gasteiger partial charge in [0.05, 0.1) is 33.3 Å². The SMILES string of the molecule is C[N+](C)(C)CCO.NC(=O)c1cccnc1.N[C@@H](Cc1c[nH]c2ccccc12)C(=O)O.OC1C(O)C(O)C(O)C(O)C1O.[Cl-]. The van der Waals surface area contributed by atoms with Crippen molar-refractivity contribution in [2.24, 2.45) is 11.5 Å². The second kappa shape index (κ2) is 19.2. The summed E-state index contributed by atoms with van der Waals surface area (Å²) in [5.74, 6) is -1.41. The van der Waals surface area contributed by atoms with Crippen LogP contribution in [0, 0.1) is 0 Å². The molecule has 16 heteroatoms. The molecule has 4 rings (SSSR count). The Bertz CT molecular complexity index is 1200. The molecule has 0 spiro atoms. The fourth-order valence-electron chi connectivity index (χ4n) is 3.65. The van der Waals surface area contributed by atoms with Gasteiger partial charge in [0.1, 0.15) is 49.2 Å². The highest BCUT2D eigenvalue weighted by Gasteiger charge is 2.47. The van der Waals surface area contributed by atoms with E-state index < -0.39 is 54.5 Å². The Kier molecular flexibility index (Phi) is 17.8. The first-order chi connectivity index (χ1) is 20.0. The number of carboxylic acid groups (broad SMARTS) is 1. The lowest BCUT2D eigenvalue weighted by Crippen LogP contribution is -3.00. The number of nitrogens with two attached hydrogens (primary N) is 2. The molecule has 2 aromatic heterocycles. The quantitative estimate of drug-likeness (QED) is 0.112. The summed E-state index contributed by atoms with van der Waals surface area (Å²) in [6.07, 6.45) is -4.66. The number of primary amides is 1. The van der Waals surface area contributed by atoms with Gasteiger partial charge in [0.15, 0.2) is 0 Å². The summed E-state index contributed by atoms with van der Waals surface area (Å²) in [5.41, 5.74) is 12.8. The predicted molar refractivity (Wildman–Crippen MR) is 156 cm³/mol. The summed E-state index contributed by atoms with van der Waals surface area (Å²) in [4.78, 5) is 27.8. The third-order valence-electron chi connectivity index (χ3n) is 6.25. The summed E-state index contributed by atoms with van der Waals surface area (Å²) in [7, 11) is 6.16. The Morgan fingerprint density at radius 3 is 1.75 bits per heavy atom. The number of H-pyrrole nitrogens is 1. The van der Waals surface area contributed by atoms with Crippen molar-refractivity contribution in [3.63, 3.8) is 0 Å². The van der Waals surface area contributed by atoms with Crippen LogP contribution >= 0.6 is 0 Å². The van der Waals surface area contributed by atoms with Gasteiger partial charge in [-0.3, -0.25) is 14.6 Å². The van der Waals surface area contributed by atoms with Gasteiger partial charge in [0, 0.05) is 35.9 Å². The van der Waals surface area contributed by atoms with Crippen molar-refractivity contribution in [3.8, 4) is 0 Å². The molecule has 3 aromatic rings. The largest absolute Gasteiger partial charge is 1.00 e. The smallest absolute Gasteiger partial charge is 0.320 e. The second-order valence-electron chi connectivity index (χ2n) is 10.8. The van der Waals surface area contributed by atoms with Crippen LogP contribution in [-0.2, 0) is 11.2 Å². The number of pyridine rings is 1. The zero-order valence-electron chi connectivity index (χ0n) is 24.7. The zero-order chi connectivity index (χ0) is 32.9. The zero-order valence-corrected chi connectivity index (χ0v) is 25.4. The summed E-state index contributed by atoms with van der Waals surface area (Å²) in [5, 5.41) is 72.0. The minimum absolute atomic E-state index is 0. The fraction of sp³-hybridized carbons (Fsp3) is 0.464. The molecule has 0 unspecified atom stereocenters. The minimum atomic E-state index is -1.64. The number of benzene rings is 1. The molecule has 1 aromatic carbocycles. The summed E-state index contributed by atoms with van der Waals surface area (Å²) in [6, 6.07) is 10.2. The Morgan fingerprint density at radius 1 is 0.909 bits per heavy atom. The van der Waals surface area contributed by atoms with Gasteiger partial charge < -0.3 is 74.2 Å². The number of aromatic amines is 1. The summed E-state index contributed by atoms with van der Waals surface area (Å²) < 4.78 is 0.844. The van der Waals surface area contributed by atoms with Gasteiger partial charge in [-0.1, -0.05) is 18.2 Å². The lowest BCUT2D eigenvalue weighted by atomic mass is 9.85. The number of aromatic nitrogens is 2. The van der Waals surface area contributed by atoms with Gasteiger partial charge in [-0.05, 0) is 23.8 Å². The van der Waals surface area contributed by atoms with Crippen LogP contribution in [0.4, 0.5) is 0 Å². The van der Waals surface area contributed by atoms with Crippen LogP contribution in [0.3, 0.4) is 0 Å². The van der Waals surface area contributed by atoms with Crippen LogP contribution in [0.1, 0.15) is 15.9 Å². The monoisotopic (exact) mass is 645 g/mol. The molecule has 1 aliphatic rings. The van der Waals surface area contributed by atoms with E-state index in [0.717, 1.165) is 27.5 Å². The molecule has 1 fully saturated rings. The van der Waals surface area contributed by atoms with Gasteiger partial charge in [-0.25, -0.2) is 0 Å². The number of hydrogen-bond acceptors (Lipinski definition) is 11. The standard InChI is InChI=1S/C11H12N2O2.C6H6N2O.C6H12O6.C5H14NO.ClH/c12-9(11(14)15)5-7-6-13-10-4-2-1-3-8(7)10;7-6(9)5-2-1-3-8-4-5;7-1-2(8)4(10)6(12)5(11)3(1)9;1-6(2,3)4-5-7;/h1-4,6,9,13H,5,12H2,(H,14,15);1-4H,(H2,7,9);1-12H;7H,4-5H2,1-3H3;1H/q;;;+1;/p-1/t9-;;;;/m0..../s1. The Morgan fingerprint density at radius 2 is 1.41 bits per heavy atom. The lowest BCUT2D eigenvalue weighted by Gasteiger charge is -2.39. The maximum Gasteiger partial charge on any atom is 0.320 e. The molecule has 0 bridgehead atoms. The van der Waals surface area contributed by atoms with Crippen molar-refractivity contribution in [1.82, 2.24) is 9.97 Å². The molecule has 44 heavy (non-hydrogen) atoms. The normalized spacial score (nSPS) is 23.2. The number of quaternary nitrogens is 1. The fourth-order valence-corrected chi connectivity index (χ4v) is 3.65. The summed E-state index contributed by atoms with van der Waals surface area (Å²) >= 11 is 0. The second-order valence-corrected chi connectivity index (χ2v) is 10.8. The Hall–Kier alpha value is -3.22. The molecule has 1 atom stereocenters. The molecule has 1 amide bonds. The predicted octanol–water partition coefficient (Wildman–Crippen LogP) is -5.84. The number of halogens is 1. The molecule has 1 saturated carbocycles. The number of nitrogens with zero attached hydrogens (tertiary/aromatic N) is 2. The number of nitrogens with one attached hydrogen (secondary N) is 1. The first-order valence-electron chi connectivity index (χ1n) is 13.2. The van der Waals surface area contributed by atoms with Crippen LogP contribution < -0.4 is 23.9 Å². The van der Waals surface area contributed by atoms with E-state index in [4.69, 9.17) is 52.3 Å². The maximum absolute atomic E-state index is 10.6. The average molecular weight is 646 g/mol. The highest BCUT2D eigenvalue weighted by Crippen LogP contribution is 2.21. The van der Waals surface area contributed by atoms with Gasteiger partial charge in [0.25, 0.3) is 0 Å². The number of amides is 1. The number of aliphatic hydroxyl groups is 7. The number of carbonyl (C=O) groups excluding carboxylic acids is 1. The number of carboxylic acids is 1. The number of hydrogen-bond donors (Lipinski definition) is 11. The van der Waals surface area contributed by atoms with Gasteiger partial charge in [-0.2, -0.15) is 0 Å². The number of likely N-dealkylation sites (N-methyl/N-ethyl adjacent to an activating group) is 1. The molecule has 0 radical (unpaired) electrons. The van der Waals surface area contributed by atoms with Crippen LogP contribution in [0.5, 0.6) is 0 Å². The molecule has 248 valence electrons. The van der Waals surface area contributed by atoms with E-state index in [2.05, 4.69) is 31.1 Å². The molecular weight excluding hydrogens is 602 g/mol. The van der Waals surface area contributed by atoms with E-state index in [1.807, 2.05) is 30.5 Å². The van der Waals surface area contributed by atoms with Crippen molar-refractivity contribution in [2.45, 2.75) is 49.1 Å². The number of carbonyl (C=O) groups is 2. The Balaban J connectivity index is 0.000000579. The van der Waals surface area contributed by atoms with Crippen molar-refractivity contribution < 1.29 is 67.3 Å². The Labute approximate surface area is 261 Å². The number of aliphatic carboxylic acids is 1. The first kappa shape index (κ1) is 40.8. The van der Waals surface area contributed by atoms with E-state index >= 15 is 0 Å². The van der Waals surface area contributed by atoms with Crippen LogP contribution in [0.25, 0.3) is 10.9 Å². The van der Waals surface area contributed by atoms with Crippen LogP contribution in [0.2, 0.25) is 0 Å². The van der Waals surface area contributed by atoms with E-state index in [9.17, 15) is 9.59 Å². The van der Waals surface area contributed by atoms with Crippen molar-refractivity contribution in [3.05, 3.63) is 66.1 Å². The molecular formula is C28H44ClN5O10. The maximum atomic E-state index is 10.6. The third kappa shape index (κ3) is 13.2. The molecule has 1 aliphatic carbocycles. The average Bonchev–Trinajstić information content (AvgIpc) is 3.37. The van der Waals surface area contributed by atoms with Crippen molar-refractivity contribution in [1.29, 1.82) is 0 Å². The lowest BCUT2D eigenvalue weighted by molar-refractivity contribution is -0.870. The van der Waals surface area contributed by atoms with Crippen molar-refractivity contribution >= 4 is 22.8 Å². The van der Waals surface area contributed by atoms with E-state index in [0.29, 0.717) is 12.0 Å². The van der Waals surface area contributed by atoms with E-state index in [-0.39, 0.29) is 19.0 Å². The van der Waals surface area contributed by atoms with Gasteiger partial charge in [0.2, 0.25) is 5.91 Å². The topological polar surface area (TPSA) is 277 Å². The number of fused-ring (bicyclic) bond motifs is 1. The van der Waals surface area contributed by atoms with Crippen LogP contribution in [-0.4, -0.2) is 144 Å². The highest BCUT2D eigenvalue weighted by molar-refractivity contribution is 5.92. The summed E-state index contributed by atoms with van der Waals surface area (Å²) in [6.45, 7) is 1.11. The van der Waals surface area contributed by atoms with Crippen LogP contribution in [0.15, 0.2) is 55.0 Å². The number of para-hydroxylation sites is 1. The van der Waals surface area contributed by atoms with Gasteiger partial charge in [-0.15, -0.1) is 0 Å². The van der Waals surface area contributed by atoms with Crippen molar-refractivity contribution in [2.75, 3.05) is 34.3 Å².